The molecule has 39 nitrogen and oxygen atoms in total. The molecular formula is C24H40N2O37S7. The van der Waals surface area contributed by atoms with Crippen molar-refractivity contribution in [2.24, 2.45) is 0 Å². The molecule has 46 heteroatoms. The van der Waals surface area contributed by atoms with Gasteiger partial charge in [0.25, 0.3) is 50.6 Å². The number of aliphatic hydroxyl groups excluding tert-OH is 5. The van der Waals surface area contributed by atoms with Gasteiger partial charge >= 0.3 is 32.5 Å². The van der Waals surface area contributed by atoms with Crippen LogP contribution in [0.3, 0.4) is 0 Å². The maximum Gasteiger partial charge on any atom is 0.335 e. The summed E-state index contributed by atoms with van der Waals surface area (Å²) in [5.74, 6) is -8.76. The Morgan fingerprint density at radius 1 is 0.429 bits per heavy atom. The van der Waals surface area contributed by atoms with Gasteiger partial charge in [0.15, 0.2) is 42.6 Å². The van der Waals surface area contributed by atoms with Crippen molar-refractivity contribution in [3.8, 4) is 0 Å². The lowest BCUT2D eigenvalue weighted by molar-refractivity contribution is -0.339. The third-order valence-corrected chi connectivity index (χ3v) is 16.4. The Kier molecular flexibility index (Phi) is 18.2. The molecule has 20 atom stereocenters. The van der Waals surface area contributed by atoms with E-state index >= 15 is 0 Å². The van der Waals surface area contributed by atoms with E-state index in [1.165, 1.54) is 0 Å². The molecule has 0 aliphatic carbocycles. The summed E-state index contributed by atoms with van der Waals surface area (Å²) in [5, 5.41) is 62.1. The highest BCUT2D eigenvalue weighted by atomic mass is 32.3. The summed E-state index contributed by atoms with van der Waals surface area (Å²) in [6, 6.07) is -6.21. The largest absolute Gasteiger partial charge is 0.479 e. The molecule has 0 aromatic heterocycles. The molecule has 4 heterocycles. The zero-order valence-corrected chi connectivity index (χ0v) is 39.2. The van der Waals surface area contributed by atoms with E-state index in [4.69, 9.17) is 33.2 Å². The Balaban J connectivity index is 1.90. The average molecular weight is 1170 g/mol. The van der Waals surface area contributed by atoms with Gasteiger partial charge in [-0.3, -0.25) is 31.9 Å². The van der Waals surface area contributed by atoms with E-state index in [9.17, 15) is 136 Å². The smallest absolute Gasteiger partial charge is 0.335 e. The third kappa shape index (κ3) is 15.0. The van der Waals surface area contributed by atoms with Crippen molar-refractivity contribution in [3.63, 3.8) is 0 Å². The second-order valence-corrected chi connectivity index (χ2v) is 25.2. The molecule has 4 rings (SSSR count). The highest BCUT2D eigenvalue weighted by Gasteiger charge is 2.63. The zero-order chi connectivity index (χ0) is 54.0. The third-order valence-electron chi connectivity index (χ3n) is 10.1. The summed E-state index contributed by atoms with van der Waals surface area (Å²) in [7, 11) is -41.7. The molecule has 0 unspecified atom stereocenters. The van der Waals surface area contributed by atoms with Gasteiger partial charge in [0, 0.05) is 0 Å². The number of nitrogens with one attached hydrogen (secondary N) is 2. The first-order valence-electron chi connectivity index (χ1n) is 18.1. The van der Waals surface area contributed by atoms with E-state index < -0.39 is 215 Å². The molecular weight excluding hydrogens is 1130 g/mol. The predicted molar refractivity (Wildman–Crippen MR) is 207 cm³/mol. The van der Waals surface area contributed by atoms with Crippen LogP contribution in [0, 0.1) is 0 Å². The van der Waals surface area contributed by atoms with Crippen LogP contribution < -0.4 is 9.44 Å². The molecule has 0 aromatic carbocycles. The van der Waals surface area contributed by atoms with Gasteiger partial charge in [-0.2, -0.15) is 68.4 Å². The van der Waals surface area contributed by atoms with Crippen molar-refractivity contribution in [1.82, 2.24) is 9.44 Å². The summed E-state index contributed by atoms with van der Waals surface area (Å²) in [6.07, 6.45) is -44.8. The van der Waals surface area contributed by atoms with E-state index in [0.717, 1.165) is 9.44 Å². The fraction of sp³-hybridized carbons (Fsp3) is 0.917. The van der Waals surface area contributed by atoms with Crippen LogP contribution in [-0.2, 0) is 114 Å². The first-order chi connectivity index (χ1) is 31.3. The van der Waals surface area contributed by atoms with Crippen LogP contribution >= 0.6 is 0 Å². The quantitative estimate of drug-likeness (QED) is 0.0534. The lowest BCUT2D eigenvalue weighted by atomic mass is 9.97. The Hall–Kier alpha value is -2.25. The van der Waals surface area contributed by atoms with Gasteiger partial charge in [-0.05, 0) is 0 Å². The van der Waals surface area contributed by atoms with Crippen molar-refractivity contribution in [2.45, 2.75) is 120 Å². The molecule has 4 aliphatic rings. The summed E-state index contributed by atoms with van der Waals surface area (Å²) in [4.78, 5) is 24.4. The number of carboxylic acids is 2. The van der Waals surface area contributed by atoms with Gasteiger partial charge in [-0.1, -0.05) is 0 Å². The molecule has 0 aromatic rings. The van der Waals surface area contributed by atoms with Crippen LogP contribution in [0.5, 0.6) is 0 Å². The fourth-order valence-corrected chi connectivity index (χ4v) is 13.4. The first kappa shape index (κ1) is 60.3. The molecule has 0 bridgehead atoms. The van der Waals surface area contributed by atoms with Crippen LogP contribution in [0.4, 0.5) is 0 Å². The second-order valence-electron chi connectivity index (χ2n) is 15.1. The summed E-state index contributed by atoms with van der Waals surface area (Å²) in [5.41, 5.74) is 0. The zero-order valence-electron chi connectivity index (χ0n) is 33.5. The van der Waals surface area contributed by atoms with Crippen LogP contribution in [0.2, 0.25) is 0 Å². The van der Waals surface area contributed by atoms with E-state index in [2.05, 4.69) is 0 Å². The Morgan fingerprint density at radius 2 is 0.814 bits per heavy atom. The minimum atomic E-state index is -6.29. The van der Waals surface area contributed by atoms with Crippen molar-refractivity contribution in [2.75, 3.05) is 11.5 Å². The fourth-order valence-electron chi connectivity index (χ4n) is 7.49. The summed E-state index contributed by atoms with van der Waals surface area (Å²) >= 11 is 0. The molecule has 16 N–H and O–H groups in total. The Labute approximate surface area is 392 Å². The number of aliphatic carboxylic acids is 2. The molecule has 4 fully saturated rings. The number of ether oxygens (including phenoxy) is 7. The normalized spacial score (nSPS) is 39.8. The predicted octanol–water partition coefficient (Wildman–Crippen LogP) is -11.3. The van der Waals surface area contributed by atoms with E-state index in [0.29, 0.717) is 0 Å². The van der Waals surface area contributed by atoms with E-state index in [1.807, 2.05) is 0 Å². The van der Waals surface area contributed by atoms with E-state index in [-0.39, 0.29) is 0 Å². The molecule has 0 radical (unpaired) electrons. The summed E-state index contributed by atoms with van der Waals surface area (Å²) in [6.45, 7) is 0. The monoisotopic (exact) mass is 1170 g/mol. The number of aliphatic hydroxyl groups is 5. The Morgan fingerprint density at radius 3 is 1.23 bits per heavy atom. The molecule has 410 valence electrons. The van der Waals surface area contributed by atoms with Gasteiger partial charge in [0.1, 0.15) is 76.9 Å². The molecule has 70 heavy (non-hydrogen) atoms. The number of hydrogen-bond donors (Lipinski definition) is 16. The summed E-state index contributed by atoms with van der Waals surface area (Å²) < 4.78 is 280. The van der Waals surface area contributed by atoms with Crippen LogP contribution in [-0.4, -0.2) is 270 Å². The topological polar surface area (TPSA) is 645 Å². The van der Waals surface area contributed by atoms with Crippen molar-refractivity contribution < 1.29 is 169 Å². The molecule has 0 spiro atoms. The van der Waals surface area contributed by atoms with Gasteiger partial charge in [-0.25, -0.2) is 9.59 Å². The number of rotatable bonds is 19. The minimum Gasteiger partial charge on any atom is -0.479 e. The molecule has 4 aliphatic heterocycles. The molecule has 0 amide bonds. The van der Waals surface area contributed by atoms with Crippen LogP contribution in [0.1, 0.15) is 0 Å². The average Bonchev–Trinajstić information content (AvgIpc) is 3.11. The maximum absolute atomic E-state index is 13.1. The lowest BCUT2D eigenvalue weighted by Crippen LogP contribution is -2.72. The highest BCUT2D eigenvalue weighted by molar-refractivity contribution is 7.88. The van der Waals surface area contributed by atoms with Gasteiger partial charge in [0.2, 0.25) is 0 Å². The van der Waals surface area contributed by atoms with Crippen molar-refractivity contribution in [1.29, 1.82) is 0 Å². The number of carboxylic acid groups (broad SMARTS) is 2. The number of hydrogen-bond acceptors (Lipinski definition) is 28. The van der Waals surface area contributed by atoms with Crippen LogP contribution in [0.25, 0.3) is 0 Å². The second kappa shape index (κ2) is 21.2. The number of carbonyl (C=O) groups is 2. The van der Waals surface area contributed by atoms with Crippen LogP contribution in [0.15, 0.2) is 0 Å². The van der Waals surface area contributed by atoms with Gasteiger partial charge in [-0.15, -0.1) is 0 Å². The van der Waals surface area contributed by atoms with E-state index in [1.54, 1.807) is 0 Å². The van der Waals surface area contributed by atoms with Crippen molar-refractivity contribution in [3.05, 3.63) is 0 Å². The molecule has 4 saturated heterocycles. The lowest BCUT2D eigenvalue weighted by Gasteiger charge is -2.49. The van der Waals surface area contributed by atoms with Gasteiger partial charge < -0.3 is 68.9 Å². The minimum absolute atomic E-state index is 1.02. The molecule has 0 saturated carbocycles. The van der Waals surface area contributed by atoms with Crippen molar-refractivity contribution >= 4 is 83.1 Å². The highest BCUT2D eigenvalue weighted by Crippen LogP contribution is 2.39. The SMILES string of the molecule is O=C(O)[C@H]1O[C@H](O[C@H]2[C@H](S(=O)(=O)O)[C@@H](NS(=O)(=O)O)[C@H](O[C@@H]3[C@@H](O)[C@H](S(=O)(=O)O)[C@@H](O[C@H]4[C@H](S(=O)(=O)O)[C@@H](NS(=O)(=O)O)[C@H](O)O[C@@H]4CS(=O)(=O)O)O[C@@H]3C(=O)O)O[C@@H]2CS(=O)(=O)O)[C@@H](O)[C@H](O)[C@H]1O. The first-order valence-corrected chi connectivity index (χ1v) is 28.7. The Bertz CT molecular complexity index is 2760. The maximum atomic E-state index is 13.1. The van der Waals surface area contributed by atoms with Gasteiger partial charge in [0.05, 0.1) is 12.1 Å². The standard InChI is InChI=1S/C24H40N2O37S7/c27-7-8(28)14(19(31)32)62-23(9(7)29)59-12-4(2-65(39,40)41)58-22(6(26-70(54,55)56)17(12)67(45,46)47)61-13-10(30)18(68(48,49)50)24(63-15(13)20(33)34)60-11-3(1-64(36,37)38)57-21(35)5(25-69(51,52)53)16(11)66(42,43)44/h3-18,21-30,35H,1-2H2,(H,31,32)(H,33,34)(H,36,37,38)(H,39,40,41)(H,42,43,44)(H,45,46,47)(H,48,49,50)(H,51,52,53)(H,54,55,56)/t3-,4-,5-,6-,7-,8-,9+,10-,11-,12-,13-,14+,15+,16-,17-,18+,21-,22+,23+,24+/m1/s1.